The molecule has 1 fully saturated rings. The fraction of sp³-hybridized carbons (Fsp3) is 0.385. The first kappa shape index (κ1) is 16.4. The van der Waals surface area contributed by atoms with Crippen LogP contribution in [0.4, 0.5) is 5.69 Å². The van der Waals surface area contributed by atoms with E-state index in [0.29, 0.717) is 37.7 Å². The van der Waals surface area contributed by atoms with Gasteiger partial charge in [-0.1, -0.05) is 29.1 Å². The average molecular weight is 348 g/mol. The lowest BCUT2D eigenvalue weighted by Crippen LogP contribution is -2.48. The monoisotopic (exact) mass is 347 g/mol. The zero-order valence-electron chi connectivity index (χ0n) is 11.2. The Morgan fingerprint density at radius 2 is 1.86 bits per heavy atom. The van der Waals surface area contributed by atoms with E-state index < -0.39 is 10.0 Å². The first-order chi connectivity index (χ1) is 9.86. The predicted molar refractivity (Wildman–Crippen MR) is 84.9 cm³/mol. The van der Waals surface area contributed by atoms with E-state index in [1.54, 1.807) is 0 Å². The van der Waals surface area contributed by atoms with Gasteiger partial charge >= 0.3 is 0 Å². The van der Waals surface area contributed by atoms with Crippen molar-refractivity contribution in [2.75, 3.05) is 38.5 Å². The third-order valence-electron chi connectivity index (χ3n) is 3.28. The van der Waals surface area contributed by atoms with Crippen molar-refractivity contribution in [1.82, 2.24) is 9.21 Å². The molecule has 8 heteroatoms. The van der Waals surface area contributed by atoms with E-state index in [1.807, 2.05) is 4.90 Å². The molecule has 0 aliphatic carbocycles. The maximum absolute atomic E-state index is 12.7. The van der Waals surface area contributed by atoms with Gasteiger partial charge in [-0.2, -0.15) is 4.31 Å². The van der Waals surface area contributed by atoms with E-state index in [4.69, 9.17) is 35.4 Å². The minimum Gasteiger partial charge on any atom is -0.398 e. The fourth-order valence-corrected chi connectivity index (χ4v) is 4.60. The number of hydrogen-bond acceptors (Lipinski definition) is 4. The number of terminal acetylenes is 1. The molecule has 1 aromatic rings. The Morgan fingerprint density at radius 3 is 2.38 bits per heavy atom. The number of nitrogens with two attached hydrogens (primary N) is 1. The summed E-state index contributed by atoms with van der Waals surface area (Å²) >= 11 is 11.8. The van der Waals surface area contributed by atoms with Crippen molar-refractivity contribution < 1.29 is 8.42 Å². The third kappa shape index (κ3) is 3.44. The maximum atomic E-state index is 12.7. The number of halogens is 2. The molecular formula is C13H15Cl2N3O2S. The van der Waals surface area contributed by atoms with Crippen LogP contribution in [0.2, 0.25) is 10.0 Å². The highest BCUT2D eigenvalue weighted by molar-refractivity contribution is 7.89. The van der Waals surface area contributed by atoms with E-state index in [0.717, 1.165) is 0 Å². The Bertz CT molecular complexity index is 654. The summed E-state index contributed by atoms with van der Waals surface area (Å²) in [6.45, 7) is 2.37. The van der Waals surface area contributed by atoms with Crippen molar-refractivity contribution in [3.8, 4) is 12.3 Å². The molecule has 1 saturated heterocycles. The van der Waals surface area contributed by atoms with Gasteiger partial charge in [0.25, 0.3) is 0 Å². The summed E-state index contributed by atoms with van der Waals surface area (Å²) < 4.78 is 26.7. The van der Waals surface area contributed by atoms with Crippen LogP contribution in [-0.4, -0.2) is 50.3 Å². The Labute approximate surface area is 134 Å². The topological polar surface area (TPSA) is 66.6 Å². The van der Waals surface area contributed by atoms with Crippen LogP contribution >= 0.6 is 23.2 Å². The van der Waals surface area contributed by atoms with Crippen molar-refractivity contribution in [2.45, 2.75) is 4.90 Å². The van der Waals surface area contributed by atoms with E-state index in [2.05, 4.69) is 5.92 Å². The van der Waals surface area contributed by atoms with Crippen molar-refractivity contribution in [3.63, 3.8) is 0 Å². The molecule has 2 rings (SSSR count). The minimum absolute atomic E-state index is 0.0334. The Kier molecular flexibility index (Phi) is 5.02. The number of nitrogen functional groups attached to an aromatic ring is 1. The average Bonchev–Trinajstić information content (AvgIpc) is 2.38. The van der Waals surface area contributed by atoms with E-state index in [-0.39, 0.29) is 15.6 Å². The van der Waals surface area contributed by atoms with Crippen LogP contribution in [0.15, 0.2) is 17.0 Å². The number of sulfonamides is 1. The molecule has 1 heterocycles. The van der Waals surface area contributed by atoms with Gasteiger partial charge in [-0.3, -0.25) is 4.90 Å². The first-order valence-electron chi connectivity index (χ1n) is 6.26. The van der Waals surface area contributed by atoms with Crippen LogP contribution in [0, 0.1) is 12.3 Å². The number of hydrogen-bond donors (Lipinski definition) is 1. The van der Waals surface area contributed by atoms with Crippen molar-refractivity contribution in [1.29, 1.82) is 0 Å². The smallest absolute Gasteiger partial charge is 0.246 e. The zero-order valence-corrected chi connectivity index (χ0v) is 13.5. The number of benzene rings is 1. The number of anilines is 1. The lowest BCUT2D eigenvalue weighted by atomic mass is 10.3. The predicted octanol–water partition coefficient (Wildman–Crippen LogP) is 1.52. The summed E-state index contributed by atoms with van der Waals surface area (Å²) in [5, 5.41) is 0.335. The largest absolute Gasteiger partial charge is 0.398 e. The molecule has 114 valence electrons. The zero-order chi connectivity index (χ0) is 15.6. The van der Waals surface area contributed by atoms with Gasteiger partial charge in [0, 0.05) is 31.2 Å². The second kappa shape index (κ2) is 6.42. The number of rotatable bonds is 3. The minimum atomic E-state index is -3.74. The molecular weight excluding hydrogens is 333 g/mol. The SMILES string of the molecule is C#CCN1CCN(S(=O)(=O)c2c(N)cc(Cl)cc2Cl)CC1. The van der Waals surface area contributed by atoms with Crippen LogP contribution in [0.25, 0.3) is 0 Å². The molecule has 0 unspecified atom stereocenters. The van der Waals surface area contributed by atoms with Gasteiger partial charge in [0.15, 0.2) is 0 Å². The molecule has 21 heavy (non-hydrogen) atoms. The molecule has 0 amide bonds. The van der Waals surface area contributed by atoms with Crippen molar-refractivity contribution in [2.24, 2.45) is 0 Å². The van der Waals surface area contributed by atoms with Crippen LogP contribution in [0.1, 0.15) is 0 Å². The van der Waals surface area contributed by atoms with Gasteiger partial charge < -0.3 is 5.73 Å². The quantitative estimate of drug-likeness (QED) is 0.664. The third-order valence-corrected chi connectivity index (χ3v) is 5.93. The summed E-state index contributed by atoms with van der Waals surface area (Å²) in [7, 11) is -3.74. The normalized spacial score (nSPS) is 17.6. The molecule has 5 nitrogen and oxygen atoms in total. The molecule has 1 aliphatic heterocycles. The highest BCUT2D eigenvalue weighted by Gasteiger charge is 2.31. The molecule has 1 aromatic carbocycles. The summed E-state index contributed by atoms with van der Waals surface area (Å²) in [5.74, 6) is 2.55. The molecule has 2 N–H and O–H groups in total. The van der Waals surface area contributed by atoms with Crippen molar-refractivity contribution in [3.05, 3.63) is 22.2 Å². The summed E-state index contributed by atoms with van der Waals surface area (Å²) in [6, 6.07) is 2.76. The molecule has 0 radical (unpaired) electrons. The van der Waals surface area contributed by atoms with Gasteiger partial charge in [0.2, 0.25) is 10.0 Å². The van der Waals surface area contributed by atoms with E-state index in [1.165, 1.54) is 16.4 Å². The Hall–Kier alpha value is -0.970. The van der Waals surface area contributed by atoms with E-state index in [9.17, 15) is 8.42 Å². The summed E-state index contributed by atoms with van der Waals surface area (Å²) in [5.41, 5.74) is 5.83. The van der Waals surface area contributed by atoms with Gasteiger partial charge in [0.05, 0.1) is 17.3 Å². The molecule has 0 bridgehead atoms. The Balaban J connectivity index is 2.27. The van der Waals surface area contributed by atoms with E-state index >= 15 is 0 Å². The fourth-order valence-electron chi connectivity index (χ4n) is 2.24. The van der Waals surface area contributed by atoms with Gasteiger partial charge in [-0.15, -0.1) is 6.42 Å². The highest BCUT2D eigenvalue weighted by Crippen LogP contribution is 2.33. The number of piperazine rings is 1. The van der Waals surface area contributed by atoms with Gasteiger partial charge in [-0.05, 0) is 12.1 Å². The number of nitrogens with zero attached hydrogens (tertiary/aromatic N) is 2. The summed E-state index contributed by atoms with van der Waals surface area (Å²) in [6.07, 6.45) is 5.25. The summed E-state index contributed by atoms with van der Waals surface area (Å²) in [4.78, 5) is 1.93. The first-order valence-corrected chi connectivity index (χ1v) is 8.46. The molecule has 0 saturated carbocycles. The highest BCUT2D eigenvalue weighted by atomic mass is 35.5. The molecule has 0 aromatic heterocycles. The van der Waals surface area contributed by atoms with Crippen LogP contribution in [0.3, 0.4) is 0 Å². The second-order valence-corrected chi connectivity index (χ2v) is 7.41. The molecule has 0 atom stereocenters. The van der Waals surface area contributed by atoms with Crippen LogP contribution in [-0.2, 0) is 10.0 Å². The van der Waals surface area contributed by atoms with Gasteiger partial charge in [0.1, 0.15) is 4.90 Å². The standard InChI is InChI=1S/C13H15Cl2N3O2S/c1-2-3-17-4-6-18(7-5-17)21(19,20)13-11(15)8-10(14)9-12(13)16/h1,8-9H,3-7,16H2. The van der Waals surface area contributed by atoms with Gasteiger partial charge in [-0.25, -0.2) is 8.42 Å². The molecule has 0 spiro atoms. The second-order valence-electron chi connectivity index (χ2n) is 4.69. The lowest BCUT2D eigenvalue weighted by molar-refractivity contribution is 0.207. The van der Waals surface area contributed by atoms with Crippen LogP contribution < -0.4 is 5.73 Å². The van der Waals surface area contributed by atoms with Crippen LogP contribution in [0.5, 0.6) is 0 Å². The molecule has 1 aliphatic rings. The lowest BCUT2D eigenvalue weighted by Gasteiger charge is -2.33. The maximum Gasteiger partial charge on any atom is 0.246 e. The van der Waals surface area contributed by atoms with Crippen molar-refractivity contribution >= 4 is 38.9 Å². The Morgan fingerprint density at radius 1 is 1.24 bits per heavy atom.